The maximum absolute atomic E-state index is 12.7. The van der Waals surface area contributed by atoms with Gasteiger partial charge in [-0.05, 0) is 68.6 Å². The van der Waals surface area contributed by atoms with E-state index in [1.165, 1.54) is 12.1 Å². The van der Waals surface area contributed by atoms with Gasteiger partial charge >= 0.3 is 0 Å². The van der Waals surface area contributed by atoms with E-state index >= 15 is 0 Å². The van der Waals surface area contributed by atoms with Crippen molar-refractivity contribution in [3.8, 4) is 0 Å². The van der Waals surface area contributed by atoms with E-state index in [0.717, 1.165) is 31.9 Å². The quantitative estimate of drug-likeness (QED) is 0.618. The molecule has 4 saturated heterocycles. The van der Waals surface area contributed by atoms with E-state index in [1.807, 2.05) is 6.92 Å². The lowest BCUT2D eigenvalue weighted by atomic mass is 9.57. The monoisotopic (exact) mass is 493 g/mol. The largest absolute Gasteiger partial charge is 0.346 e. The van der Waals surface area contributed by atoms with Crippen LogP contribution in [-0.2, 0) is 33.9 Å². The van der Waals surface area contributed by atoms with Crippen LogP contribution < -0.4 is 5.32 Å². The average molecular weight is 494 g/mol. The molecule has 0 unspecified atom stereocenters. The van der Waals surface area contributed by atoms with Crippen LogP contribution in [-0.4, -0.2) is 44.4 Å². The Morgan fingerprint density at radius 3 is 2.71 bits per heavy atom. The summed E-state index contributed by atoms with van der Waals surface area (Å²) in [6.45, 7) is 6.38. The van der Waals surface area contributed by atoms with E-state index in [4.69, 9.17) is 19.2 Å². The van der Waals surface area contributed by atoms with E-state index in [0.29, 0.717) is 23.9 Å². The third kappa shape index (κ3) is 4.09. The second kappa shape index (κ2) is 8.55. The highest BCUT2D eigenvalue weighted by Crippen LogP contribution is 2.60. The summed E-state index contributed by atoms with van der Waals surface area (Å²) in [5.41, 5.74) is -0.130. The predicted molar refractivity (Wildman–Crippen MR) is 124 cm³/mol. The number of ether oxygens (including phenoxy) is 2. The number of carbonyl (C=O) groups is 1. The molecule has 1 saturated carbocycles. The molecular formula is C25H35NO7S. The summed E-state index contributed by atoms with van der Waals surface area (Å²) in [7, 11) is -3.34. The Kier molecular flexibility index (Phi) is 6.08. The number of hydrogen-bond acceptors (Lipinski definition) is 7. The highest BCUT2D eigenvalue weighted by atomic mass is 32.2. The van der Waals surface area contributed by atoms with Gasteiger partial charge in [-0.2, -0.15) is 0 Å². The van der Waals surface area contributed by atoms with Crippen molar-refractivity contribution < 1.29 is 32.5 Å². The Balaban J connectivity index is 1.29. The zero-order valence-corrected chi connectivity index (χ0v) is 21.1. The van der Waals surface area contributed by atoms with Gasteiger partial charge in [0.25, 0.3) is 0 Å². The Morgan fingerprint density at radius 1 is 1.15 bits per heavy atom. The molecular weight excluding hydrogens is 458 g/mol. The molecule has 1 spiro atoms. The molecule has 4 aliphatic heterocycles. The predicted octanol–water partition coefficient (Wildman–Crippen LogP) is 4.06. The van der Waals surface area contributed by atoms with Gasteiger partial charge in [0.2, 0.25) is 11.7 Å². The Bertz CT molecular complexity index is 1060. The summed E-state index contributed by atoms with van der Waals surface area (Å²) < 4.78 is 36.5. The van der Waals surface area contributed by atoms with Crippen molar-refractivity contribution in [2.45, 2.75) is 88.0 Å². The minimum absolute atomic E-state index is 0.144. The fraction of sp³-hybridized carbons (Fsp3) is 0.720. The maximum atomic E-state index is 12.7. The standard InChI is InChI=1S/C25H35NO7S/c1-15-8-9-20-16(2)21(30-23-25(20)19(15)12-13-24(3,31-23)32-33-25)10-11-22(27)26-17-6-5-7-18(14-17)34(4,28)29/h5-7,14-16,19-21,23H,8-13H2,1-4H3,(H,26,27)/t15-,16-,19+,20+,21-,23-,24+,25-/m1/s1. The SMILES string of the molecule is C[C@H]1[C@@H](CCC(=O)Nc2cccc(S(C)(=O)=O)c2)O[C@@H]2O[C@]3(C)CC[C@H]4[C@H](C)CC[C@@H]1[C@@]24OO3. The zero-order valence-electron chi connectivity index (χ0n) is 20.3. The van der Waals surface area contributed by atoms with Gasteiger partial charge in [-0.25, -0.2) is 18.2 Å². The highest BCUT2D eigenvalue weighted by Gasteiger charge is 2.69. The van der Waals surface area contributed by atoms with Gasteiger partial charge in [-0.3, -0.25) is 4.79 Å². The molecule has 4 heterocycles. The fourth-order valence-corrected chi connectivity index (χ4v) is 7.28. The molecule has 1 aliphatic carbocycles. The van der Waals surface area contributed by atoms with Gasteiger partial charge in [0.05, 0.1) is 11.0 Å². The van der Waals surface area contributed by atoms with Gasteiger partial charge in [0, 0.05) is 30.7 Å². The Morgan fingerprint density at radius 2 is 1.94 bits per heavy atom. The van der Waals surface area contributed by atoms with Crippen molar-refractivity contribution in [3.63, 3.8) is 0 Å². The summed E-state index contributed by atoms with van der Waals surface area (Å²) in [6, 6.07) is 6.31. The van der Waals surface area contributed by atoms with Crippen molar-refractivity contribution in [3.05, 3.63) is 24.3 Å². The first-order valence-corrected chi connectivity index (χ1v) is 14.2. The molecule has 0 radical (unpaired) electrons. The lowest BCUT2D eigenvalue weighted by Crippen LogP contribution is -2.70. The zero-order chi connectivity index (χ0) is 24.3. The summed E-state index contributed by atoms with van der Waals surface area (Å²) in [4.78, 5) is 24.9. The fourth-order valence-electron chi connectivity index (χ4n) is 6.61. The second-order valence-corrected chi connectivity index (χ2v) is 12.8. The minimum Gasteiger partial charge on any atom is -0.346 e. The molecule has 188 valence electrons. The molecule has 9 heteroatoms. The van der Waals surface area contributed by atoms with Crippen molar-refractivity contribution in [1.82, 2.24) is 0 Å². The molecule has 0 aromatic heterocycles. The van der Waals surface area contributed by atoms with Gasteiger partial charge in [-0.1, -0.05) is 19.9 Å². The summed E-state index contributed by atoms with van der Waals surface area (Å²) in [5.74, 6) is 0.246. The normalized spacial score (nSPS) is 41.4. The van der Waals surface area contributed by atoms with Crippen LogP contribution in [0.5, 0.6) is 0 Å². The number of fused-ring (bicyclic) bond motifs is 2. The summed E-state index contributed by atoms with van der Waals surface area (Å²) in [6.07, 6.45) is 5.21. The Labute approximate surface area is 201 Å². The van der Waals surface area contributed by atoms with Crippen LogP contribution in [0.15, 0.2) is 29.2 Å². The number of amides is 1. The van der Waals surface area contributed by atoms with Crippen molar-refractivity contribution in [2.75, 3.05) is 11.6 Å². The number of rotatable bonds is 5. The first-order valence-electron chi connectivity index (χ1n) is 12.3. The molecule has 8 atom stereocenters. The van der Waals surface area contributed by atoms with Gasteiger partial charge in [0.15, 0.2) is 21.7 Å². The highest BCUT2D eigenvalue weighted by molar-refractivity contribution is 7.90. The van der Waals surface area contributed by atoms with E-state index in [9.17, 15) is 13.2 Å². The molecule has 1 aromatic carbocycles. The van der Waals surface area contributed by atoms with Gasteiger partial charge in [0.1, 0.15) is 0 Å². The van der Waals surface area contributed by atoms with Crippen LogP contribution in [0.3, 0.4) is 0 Å². The van der Waals surface area contributed by atoms with Gasteiger partial charge < -0.3 is 14.8 Å². The first kappa shape index (κ1) is 24.2. The van der Waals surface area contributed by atoms with Crippen molar-refractivity contribution >= 4 is 21.4 Å². The van der Waals surface area contributed by atoms with Crippen molar-refractivity contribution in [1.29, 1.82) is 0 Å². The number of benzene rings is 1. The van der Waals surface area contributed by atoms with Gasteiger partial charge in [-0.15, -0.1) is 0 Å². The van der Waals surface area contributed by atoms with Crippen LogP contribution in [0.1, 0.15) is 59.3 Å². The number of sulfone groups is 1. The molecule has 1 N–H and O–H groups in total. The molecule has 1 amide bonds. The third-order valence-electron chi connectivity index (χ3n) is 8.50. The number of hydrogen-bond donors (Lipinski definition) is 1. The molecule has 5 aliphatic rings. The van der Waals surface area contributed by atoms with E-state index in [1.54, 1.807) is 12.1 Å². The second-order valence-electron chi connectivity index (χ2n) is 10.8. The maximum Gasteiger partial charge on any atom is 0.224 e. The molecule has 6 rings (SSSR count). The molecule has 8 nitrogen and oxygen atoms in total. The summed E-state index contributed by atoms with van der Waals surface area (Å²) >= 11 is 0. The number of anilines is 1. The van der Waals surface area contributed by atoms with Crippen LogP contribution in [0, 0.1) is 23.7 Å². The van der Waals surface area contributed by atoms with Crippen LogP contribution in [0.2, 0.25) is 0 Å². The van der Waals surface area contributed by atoms with E-state index in [2.05, 4.69) is 19.2 Å². The number of nitrogens with one attached hydrogen (secondary N) is 1. The van der Waals surface area contributed by atoms with Crippen LogP contribution in [0.4, 0.5) is 5.69 Å². The lowest BCUT2D eigenvalue weighted by molar-refractivity contribution is -0.571. The molecule has 5 fully saturated rings. The Hall–Kier alpha value is -1.52. The van der Waals surface area contributed by atoms with Crippen molar-refractivity contribution in [2.24, 2.45) is 23.7 Å². The molecule has 34 heavy (non-hydrogen) atoms. The smallest absolute Gasteiger partial charge is 0.224 e. The summed E-state index contributed by atoms with van der Waals surface area (Å²) in [5, 5.41) is 2.82. The number of carbonyl (C=O) groups excluding carboxylic acids is 1. The van der Waals surface area contributed by atoms with Crippen LogP contribution in [0.25, 0.3) is 0 Å². The van der Waals surface area contributed by atoms with Crippen LogP contribution >= 0.6 is 0 Å². The van der Waals surface area contributed by atoms with E-state index in [-0.39, 0.29) is 35.2 Å². The molecule has 1 aromatic rings. The lowest BCUT2D eigenvalue weighted by Gasteiger charge is -2.60. The average Bonchev–Trinajstić information content (AvgIpc) is 3.01. The molecule has 2 bridgehead atoms. The first-order chi connectivity index (χ1) is 16.0. The van der Waals surface area contributed by atoms with E-state index < -0.39 is 27.5 Å². The topological polar surface area (TPSA) is 100 Å². The minimum atomic E-state index is -3.34. The third-order valence-corrected chi connectivity index (χ3v) is 9.61.